The molecule has 0 saturated heterocycles. The molecule has 0 radical (unpaired) electrons. The quantitative estimate of drug-likeness (QED) is 0.531. The third-order valence-electron chi connectivity index (χ3n) is 4.03. The molecular weight excluding hydrogens is 398 g/mol. The van der Waals surface area contributed by atoms with E-state index in [2.05, 4.69) is 11.9 Å². The molecule has 0 aliphatic carbocycles. The molecule has 1 heterocycles. The van der Waals surface area contributed by atoms with E-state index in [0.717, 1.165) is 5.69 Å². The SMILES string of the molecule is C=CCNC(=O)NC(=O)COC(=O)c1cc(C)n(-c2cc(Cl)ccc2OC)c1C. The van der Waals surface area contributed by atoms with E-state index in [4.69, 9.17) is 21.1 Å². The Balaban J connectivity index is 2.15. The Labute approximate surface area is 173 Å². The summed E-state index contributed by atoms with van der Waals surface area (Å²) < 4.78 is 12.2. The summed E-state index contributed by atoms with van der Waals surface area (Å²) in [7, 11) is 1.54. The monoisotopic (exact) mass is 419 g/mol. The number of rotatable bonds is 7. The molecule has 0 fully saturated rings. The van der Waals surface area contributed by atoms with E-state index < -0.39 is 24.5 Å². The van der Waals surface area contributed by atoms with Crippen molar-refractivity contribution < 1.29 is 23.9 Å². The fraction of sp³-hybridized carbons (Fsp3) is 0.250. The molecule has 0 aliphatic rings. The molecule has 3 amide bonds. The summed E-state index contributed by atoms with van der Waals surface area (Å²) in [6.07, 6.45) is 1.47. The zero-order valence-electron chi connectivity index (χ0n) is 16.4. The maximum Gasteiger partial charge on any atom is 0.340 e. The molecule has 8 nitrogen and oxygen atoms in total. The molecule has 1 aromatic heterocycles. The predicted molar refractivity (Wildman–Crippen MR) is 109 cm³/mol. The lowest BCUT2D eigenvalue weighted by Crippen LogP contribution is -2.41. The van der Waals surface area contributed by atoms with Gasteiger partial charge in [-0.15, -0.1) is 6.58 Å². The van der Waals surface area contributed by atoms with Crippen LogP contribution in [0.5, 0.6) is 5.75 Å². The average Bonchev–Trinajstić information content (AvgIpc) is 2.98. The van der Waals surface area contributed by atoms with Crippen LogP contribution in [-0.4, -0.2) is 42.7 Å². The van der Waals surface area contributed by atoms with Crippen molar-refractivity contribution in [2.75, 3.05) is 20.3 Å². The number of methoxy groups -OCH3 is 1. The van der Waals surface area contributed by atoms with E-state index in [-0.39, 0.29) is 12.1 Å². The highest BCUT2D eigenvalue weighted by atomic mass is 35.5. The first-order valence-corrected chi connectivity index (χ1v) is 9.04. The van der Waals surface area contributed by atoms with Crippen LogP contribution in [0, 0.1) is 13.8 Å². The Morgan fingerprint density at radius 3 is 2.62 bits per heavy atom. The maximum atomic E-state index is 12.5. The smallest absolute Gasteiger partial charge is 0.340 e. The zero-order valence-corrected chi connectivity index (χ0v) is 17.1. The molecule has 0 saturated carbocycles. The molecule has 0 unspecified atom stereocenters. The molecule has 29 heavy (non-hydrogen) atoms. The number of nitrogens with one attached hydrogen (secondary N) is 2. The number of nitrogens with zero attached hydrogens (tertiary/aromatic N) is 1. The van der Waals surface area contributed by atoms with E-state index in [1.54, 1.807) is 38.3 Å². The second-order valence-corrected chi connectivity index (χ2v) is 6.50. The largest absolute Gasteiger partial charge is 0.495 e. The second kappa shape index (κ2) is 9.79. The standard InChI is InChI=1S/C20H22ClN3O5/c1-5-8-22-20(27)23-18(25)11-29-19(26)15-9-12(2)24(13(15)3)16-10-14(21)6-7-17(16)28-4/h5-7,9-10H,1,8,11H2,2-4H3,(H2,22,23,25,27). The molecule has 2 rings (SSSR count). The normalized spacial score (nSPS) is 10.2. The number of imide groups is 1. The van der Waals surface area contributed by atoms with Gasteiger partial charge in [0.25, 0.3) is 5.91 Å². The highest BCUT2D eigenvalue weighted by Gasteiger charge is 2.21. The van der Waals surface area contributed by atoms with Gasteiger partial charge in [0.2, 0.25) is 0 Å². The zero-order chi connectivity index (χ0) is 21.6. The van der Waals surface area contributed by atoms with Crippen LogP contribution in [0.2, 0.25) is 5.02 Å². The number of urea groups is 1. The predicted octanol–water partition coefficient (Wildman–Crippen LogP) is 2.92. The first kappa shape index (κ1) is 22.0. The molecule has 2 N–H and O–H groups in total. The minimum Gasteiger partial charge on any atom is -0.495 e. The third kappa shape index (κ3) is 5.39. The number of halogens is 1. The summed E-state index contributed by atoms with van der Waals surface area (Å²) in [5.74, 6) is -0.849. The number of carbonyl (C=O) groups is 3. The van der Waals surface area contributed by atoms with Crippen molar-refractivity contribution in [1.29, 1.82) is 0 Å². The van der Waals surface area contributed by atoms with E-state index in [0.29, 0.717) is 22.2 Å². The number of carbonyl (C=O) groups excluding carboxylic acids is 3. The van der Waals surface area contributed by atoms with Crippen molar-refractivity contribution in [2.24, 2.45) is 0 Å². The van der Waals surface area contributed by atoms with Crippen LogP contribution in [0.3, 0.4) is 0 Å². The Morgan fingerprint density at radius 2 is 1.97 bits per heavy atom. The summed E-state index contributed by atoms with van der Waals surface area (Å²) in [6, 6.07) is 6.11. The van der Waals surface area contributed by atoms with Gasteiger partial charge >= 0.3 is 12.0 Å². The molecule has 2 aromatic rings. The summed E-state index contributed by atoms with van der Waals surface area (Å²) in [6.45, 7) is 6.62. The number of esters is 1. The number of aryl methyl sites for hydroxylation is 1. The van der Waals surface area contributed by atoms with Crippen molar-refractivity contribution in [3.8, 4) is 11.4 Å². The van der Waals surface area contributed by atoms with Gasteiger partial charge in [-0.1, -0.05) is 17.7 Å². The first-order chi connectivity index (χ1) is 13.8. The topological polar surface area (TPSA) is 98.7 Å². The molecule has 0 spiro atoms. The third-order valence-corrected chi connectivity index (χ3v) is 4.26. The lowest BCUT2D eigenvalue weighted by Gasteiger charge is -2.14. The fourth-order valence-corrected chi connectivity index (χ4v) is 2.93. The Hall–Kier alpha value is -3.26. The van der Waals surface area contributed by atoms with Crippen LogP contribution >= 0.6 is 11.6 Å². The first-order valence-electron chi connectivity index (χ1n) is 8.67. The minimum absolute atomic E-state index is 0.206. The van der Waals surface area contributed by atoms with Crippen LogP contribution in [0.4, 0.5) is 4.79 Å². The van der Waals surface area contributed by atoms with E-state index in [9.17, 15) is 14.4 Å². The Morgan fingerprint density at radius 1 is 1.24 bits per heavy atom. The molecule has 0 aliphatic heterocycles. The average molecular weight is 420 g/mol. The van der Waals surface area contributed by atoms with Crippen molar-refractivity contribution in [3.05, 3.63) is 58.9 Å². The molecule has 0 atom stereocenters. The van der Waals surface area contributed by atoms with Crippen molar-refractivity contribution in [2.45, 2.75) is 13.8 Å². The van der Waals surface area contributed by atoms with Gasteiger partial charge < -0.3 is 19.4 Å². The van der Waals surface area contributed by atoms with Gasteiger partial charge in [0, 0.05) is 23.0 Å². The van der Waals surface area contributed by atoms with Gasteiger partial charge in [-0.3, -0.25) is 10.1 Å². The van der Waals surface area contributed by atoms with E-state index in [1.165, 1.54) is 6.08 Å². The van der Waals surface area contributed by atoms with Gasteiger partial charge in [0.05, 0.1) is 18.4 Å². The lowest BCUT2D eigenvalue weighted by atomic mass is 10.2. The van der Waals surface area contributed by atoms with Crippen molar-refractivity contribution in [1.82, 2.24) is 15.2 Å². The van der Waals surface area contributed by atoms with Gasteiger partial charge in [0.15, 0.2) is 6.61 Å². The fourth-order valence-electron chi connectivity index (χ4n) is 2.76. The number of amides is 3. The van der Waals surface area contributed by atoms with Crippen LogP contribution in [0.25, 0.3) is 5.69 Å². The molecule has 1 aromatic carbocycles. The highest BCUT2D eigenvalue weighted by Crippen LogP contribution is 2.30. The van der Waals surface area contributed by atoms with Crippen molar-refractivity contribution in [3.63, 3.8) is 0 Å². The van der Waals surface area contributed by atoms with Gasteiger partial charge in [-0.05, 0) is 38.1 Å². The summed E-state index contributed by atoms with van der Waals surface area (Å²) in [5.41, 5.74) is 2.31. The number of hydrogen-bond donors (Lipinski definition) is 2. The number of ether oxygens (including phenoxy) is 2. The van der Waals surface area contributed by atoms with Gasteiger partial charge in [0.1, 0.15) is 5.75 Å². The van der Waals surface area contributed by atoms with Crippen LogP contribution < -0.4 is 15.4 Å². The Bertz CT molecular complexity index is 952. The Kier molecular flexibility index (Phi) is 7.44. The number of hydrogen-bond acceptors (Lipinski definition) is 5. The van der Waals surface area contributed by atoms with Crippen LogP contribution in [0.1, 0.15) is 21.7 Å². The number of aromatic nitrogens is 1. The molecular formula is C20H22ClN3O5. The van der Waals surface area contributed by atoms with Crippen molar-refractivity contribution >= 4 is 29.5 Å². The molecule has 154 valence electrons. The van der Waals surface area contributed by atoms with E-state index >= 15 is 0 Å². The van der Waals surface area contributed by atoms with E-state index in [1.807, 2.05) is 16.8 Å². The van der Waals surface area contributed by atoms with Crippen LogP contribution in [0.15, 0.2) is 36.9 Å². The summed E-state index contributed by atoms with van der Waals surface area (Å²) in [5, 5.41) is 4.95. The number of benzene rings is 1. The van der Waals surface area contributed by atoms with Gasteiger partial charge in [-0.25, -0.2) is 9.59 Å². The second-order valence-electron chi connectivity index (χ2n) is 6.06. The lowest BCUT2D eigenvalue weighted by molar-refractivity contribution is -0.123. The van der Waals surface area contributed by atoms with Gasteiger partial charge in [-0.2, -0.15) is 0 Å². The minimum atomic E-state index is -0.745. The summed E-state index contributed by atoms with van der Waals surface area (Å²) >= 11 is 6.11. The highest BCUT2D eigenvalue weighted by molar-refractivity contribution is 6.30. The summed E-state index contributed by atoms with van der Waals surface area (Å²) in [4.78, 5) is 35.6. The molecule has 9 heteroatoms. The van der Waals surface area contributed by atoms with Crippen LogP contribution in [-0.2, 0) is 9.53 Å². The maximum absolute atomic E-state index is 12.5. The molecule has 0 bridgehead atoms.